The van der Waals surface area contributed by atoms with E-state index in [1.54, 1.807) is 12.1 Å². The predicted molar refractivity (Wildman–Crippen MR) is 163 cm³/mol. The number of amides is 2. The lowest BCUT2D eigenvalue weighted by Crippen LogP contribution is -2.75. The molecule has 1 aliphatic carbocycles. The first-order valence-corrected chi connectivity index (χ1v) is 15.9. The number of piperazine rings is 1. The third-order valence-corrected chi connectivity index (χ3v) is 9.57. The third-order valence-electron chi connectivity index (χ3n) is 9.57. The molecule has 0 bridgehead atoms. The molecular weight excluding hydrogens is 546 g/mol. The van der Waals surface area contributed by atoms with Crippen LogP contribution < -0.4 is 10.1 Å². The maximum atomic E-state index is 13.9. The smallest absolute Gasteiger partial charge is 0.335 e. The van der Waals surface area contributed by atoms with Crippen molar-refractivity contribution in [2.24, 2.45) is 5.92 Å². The first-order chi connectivity index (χ1) is 20.8. The Labute approximate surface area is 254 Å². The molecule has 3 aliphatic rings. The minimum Gasteiger partial charge on any atom is -0.478 e. The summed E-state index contributed by atoms with van der Waals surface area (Å²) < 4.78 is 5.86. The Morgan fingerprint density at radius 2 is 1.58 bits per heavy atom. The SMILES string of the molecule is CCCCN1C(=O)[C@@H]([C@H](O)C2CCCCCC2)NC(=O)C12CCN(Cc1ccc(Oc3ccc(C(=O)O)cc3)cc1)CC2. The van der Waals surface area contributed by atoms with Gasteiger partial charge in [-0.05, 0) is 80.0 Å². The van der Waals surface area contributed by atoms with Crippen molar-refractivity contribution in [2.75, 3.05) is 19.6 Å². The fourth-order valence-electron chi connectivity index (χ4n) is 6.94. The molecule has 0 radical (unpaired) electrons. The van der Waals surface area contributed by atoms with Crippen molar-refractivity contribution >= 4 is 17.8 Å². The van der Waals surface area contributed by atoms with Gasteiger partial charge in [-0.2, -0.15) is 0 Å². The number of carbonyl (C=O) groups excluding carboxylic acids is 2. The van der Waals surface area contributed by atoms with Crippen molar-refractivity contribution < 1.29 is 29.3 Å². The summed E-state index contributed by atoms with van der Waals surface area (Å²) in [5, 5.41) is 23.4. The average Bonchev–Trinajstić information content (AvgIpc) is 3.31. The summed E-state index contributed by atoms with van der Waals surface area (Å²) in [7, 11) is 0. The van der Waals surface area contributed by atoms with Crippen LogP contribution in [0.1, 0.15) is 87.1 Å². The molecule has 2 saturated heterocycles. The molecule has 2 aromatic rings. The number of nitrogens with one attached hydrogen (secondary N) is 1. The van der Waals surface area contributed by atoms with Gasteiger partial charge >= 0.3 is 5.97 Å². The number of hydrogen-bond donors (Lipinski definition) is 3. The number of carboxylic acids is 1. The lowest BCUT2D eigenvalue weighted by molar-refractivity contribution is -0.165. The number of likely N-dealkylation sites (tertiary alicyclic amines) is 1. The van der Waals surface area contributed by atoms with Crippen molar-refractivity contribution in [3.63, 3.8) is 0 Å². The fraction of sp³-hybridized carbons (Fsp3) is 0.559. The topological polar surface area (TPSA) is 119 Å². The number of ether oxygens (including phenoxy) is 1. The van der Waals surface area contributed by atoms with E-state index in [1.165, 1.54) is 25.0 Å². The van der Waals surface area contributed by atoms with E-state index in [0.29, 0.717) is 44.0 Å². The zero-order valence-electron chi connectivity index (χ0n) is 25.2. The number of aliphatic hydroxyl groups excluding tert-OH is 1. The molecule has 232 valence electrons. The molecule has 2 aromatic carbocycles. The minimum absolute atomic E-state index is 0.0509. The predicted octanol–water partition coefficient (Wildman–Crippen LogP) is 4.97. The maximum absolute atomic E-state index is 13.9. The van der Waals surface area contributed by atoms with Gasteiger partial charge in [0, 0.05) is 26.2 Å². The number of nitrogens with zero attached hydrogens (tertiary/aromatic N) is 2. The van der Waals surface area contributed by atoms with Crippen molar-refractivity contribution in [1.82, 2.24) is 15.1 Å². The lowest BCUT2D eigenvalue weighted by Gasteiger charge is -2.52. The molecule has 2 heterocycles. The van der Waals surface area contributed by atoms with Crippen LogP contribution in [-0.4, -0.2) is 75.1 Å². The highest BCUT2D eigenvalue weighted by atomic mass is 16.5. The number of unbranched alkanes of at least 4 members (excludes halogenated alkanes) is 1. The number of hydrogen-bond acceptors (Lipinski definition) is 6. The van der Waals surface area contributed by atoms with E-state index < -0.39 is 23.7 Å². The van der Waals surface area contributed by atoms with Crippen LogP contribution in [0.4, 0.5) is 0 Å². The van der Waals surface area contributed by atoms with Gasteiger partial charge in [-0.1, -0.05) is 51.2 Å². The van der Waals surface area contributed by atoms with Gasteiger partial charge in [-0.15, -0.1) is 0 Å². The maximum Gasteiger partial charge on any atom is 0.335 e. The minimum atomic E-state index is -0.975. The molecule has 0 aromatic heterocycles. The molecular formula is C34H45N3O6. The van der Waals surface area contributed by atoms with E-state index in [-0.39, 0.29) is 23.3 Å². The second kappa shape index (κ2) is 13.9. The monoisotopic (exact) mass is 591 g/mol. The first kappa shape index (κ1) is 31.0. The van der Waals surface area contributed by atoms with Crippen LogP contribution >= 0.6 is 0 Å². The second-order valence-corrected chi connectivity index (χ2v) is 12.4. The third kappa shape index (κ3) is 7.04. The Kier molecular flexibility index (Phi) is 10.0. The number of carbonyl (C=O) groups is 3. The van der Waals surface area contributed by atoms with E-state index in [1.807, 2.05) is 29.2 Å². The van der Waals surface area contributed by atoms with E-state index in [4.69, 9.17) is 9.84 Å². The number of piperidine rings is 1. The van der Waals surface area contributed by atoms with Crippen molar-refractivity contribution in [3.05, 3.63) is 59.7 Å². The highest BCUT2D eigenvalue weighted by Crippen LogP contribution is 2.36. The number of aromatic carboxylic acids is 1. The molecule has 2 aliphatic heterocycles. The van der Waals surface area contributed by atoms with Crippen LogP contribution in [0, 0.1) is 5.92 Å². The normalized spacial score (nSPS) is 22.2. The largest absolute Gasteiger partial charge is 0.478 e. The Morgan fingerprint density at radius 1 is 0.977 bits per heavy atom. The Morgan fingerprint density at radius 3 is 2.16 bits per heavy atom. The van der Waals surface area contributed by atoms with Crippen molar-refractivity contribution in [2.45, 2.75) is 95.4 Å². The highest BCUT2D eigenvalue weighted by Gasteiger charge is 2.55. The van der Waals surface area contributed by atoms with Crippen LogP contribution in [0.5, 0.6) is 11.5 Å². The lowest BCUT2D eigenvalue weighted by atomic mass is 9.79. The van der Waals surface area contributed by atoms with Crippen LogP contribution in [0.3, 0.4) is 0 Å². The van der Waals surface area contributed by atoms with Crippen molar-refractivity contribution in [3.8, 4) is 11.5 Å². The molecule has 1 saturated carbocycles. The summed E-state index contributed by atoms with van der Waals surface area (Å²) in [5.74, 6) is 0.0710. The van der Waals surface area contributed by atoms with E-state index in [9.17, 15) is 19.5 Å². The van der Waals surface area contributed by atoms with Gasteiger partial charge in [-0.25, -0.2) is 4.79 Å². The van der Waals surface area contributed by atoms with E-state index in [2.05, 4.69) is 17.1 Å². The van der Waals surface area contributed by atoms with Crippen molar-refractivity contribution in [1.29, 1.82) is 0 Å². The zero-order valence-corrected chi connectivity index (χ0v) is 25.2. The first-order valence-electron chi connectivity index (χ1n) is 15.9. The van der Waals surface area contributed by atoms with Crippen LogP contribution in [-0.2, 0) is 16.1 Å². The Bertz CT molecular complexity index is 1250. The molecule has 1 spiro atoms. The van der Waals surface area contributed by atoms with Gasteiger partial charge in [0.2, 0.25) is 11.8 Å². The van der Waals surface area contributed by atoms with Gasteiger partial charge in [0.1, 0.15) is 23.1 Å². The molecule has 2 atom stereocenters. The van der Waals surface area contributed by atoms with Crippen LogP contribution in [0.2, 0.25) is 0 Å². The number of carboxylic acid groups (broad SMARTS) is 1. The summed E-state index contributed by atoms with van der Waals surface area (Å²) in [5.41, 5.74) is 0.459. The van der Waals surface area contributed by atoms with Crippen LogP contribution in [0.25, 0.3) is 0 Å². The van der Waals surface area contributed by atoms with Crippen LogP contribution in [0.15, 0.2) is 48.5 Å². The molecule has 3 fully saturated rings. The molecule has 2 amide bonds. The molecule has 9 nitrogen and oxygen atoms in total. The number of benzene rings is 2. The second-order valence-electron chi connectivity index (χ2n) is 12.4. The van der Waals surface area contributed by atoms with Gasteiger partial charge in [0.15, 0.2) is 0 Å². The summed E-state index contributed by atoms with van der Waals surface area (Å²) in [4.78, 5) is 42.9. The molecule has 9 heteroatoms. The van der Waals surface area contributed by atoms with E-state index in [0.717, 1.165) is 50.6 Å². The Balaban J connectivity index is 1.20. The van der Waals surface area contributed by atoms with Gasteiger partial charge < -0.3 is 25.2 Å². The summed E-state index contributed by atoms with van der Waals surface area (Å²) in [6, 6.07) is 13.2. The van der Waals surface area contributed by atoms with Gasteiger partial charge in [0.05, 0.1) is 11.7 Å². The zero-order chi connectivity index (χ0) is 30.4. The number of aliphatic hydroxyl groups is 1. The quantitative estimate of drug-likeness (QED) is 0.334. The Hall–Kier alpha value is -3.43. The van der Waals surface area contributed by atoms with Gasteiger partial charge in [0.25, 0.3) is 0 Å². The molecule has 0 unspecified atom stereocenters. The summed E-state index contributed by atoms with van der Waals surface area (Å²) in [6.45, 7) is 4.72. The molecule has 43 heavy (non-hydrogen) atoms. The summed E-state index contributed by atoms with van der Waals surface area (Å²) in [6.07, 6.45) is 8.31. The standard InChI is InChI=1S/C34H45N3O6/c1-2-3-20-37-31(39)29(30(38)25-8-6-4-5-7-9-25)35-33(42)34(37)18-21-36(22-19-34)23-24-10-14-27(15-11-24)43-28-16-12-26(13-17-28)32(40)41/h10-17,25,29-30,38H,2-9,18-23H2,1H3,(H,35,42)(H,40,41)/t29-,30-/m1/s1. The molecule has 5 rings (SSSR count). The average molecular weight is 592 g/mol. The fourth-order valence-corrected chi connectivity index (χ4v) is 6.94. The van der Waals surface area contributed by atoms with Gasteiger partial charge in [-0.3, -0.25) is 14.5 Å². The molecule has 3 N–H and O–H groups in total. The highest BCUT2D eigenvalue weighted by molar-refractivity contribution is 6.00. The number of rotatable bonds is 10. The van der Waals surface area contributed by atoms with E-state index >= 15 is 0 Å². The summed E-state index contributed by atoms with van der Waals surface area (Å²) >= 11 is 0.